The molecule has 7 heteroatoms. The summed E-state index contributed by atoms with van der Waals surface area (Å²) in [6.07, 6.45) is 3.85. The summed E-state index contributed by atoms with van der Waals surface area (Å²) in [7, 11) is -3.41. The number of hydrogen-bond donors (Lipinski definition) is 0. The van der Waals surface area contributed by atoms with Gasteiger partial charge in [-0.15, -0.1) is 0 Å². The third kappa shape index (κ3) is 2.23. The molecule has 0 aromatic carbocycles. The van der Waals surface area contributed by atoms with Gasteiger partial charge in [-0.1, -0.05) is 5.16 Å². The van der Waals surface area contributed by atoms with E-state index < -0.39 is 10.0 Å². The quantitative estimate of drug-likeness (QED) is 0.821. The molecule has 2 aliphatic rings. The molecule has 0 bridgehead atoms. The van der Waals surface area contributed by atoms with Crippen LogP contribution in [0.4, 0.5) is 0 Å². The van der Waals surface area contributed by atoms with Crippen LogP contribution in [0.5, 0.6) is 0 Å². The average Bonchev–Trinajstić information content (AvgIpc) is 2.80. The maximum absolute atomic E-state index is 12.3. The number of rotatable bonds is 3. The Hall–Kier alpha value is -1.47. The lowest BCUT2D eigenvalue weighted by Crippen LogP contribution is -2.52. The van der Waals surface area contributed by atoms with Crippen molar-refractivity contribution in [3.63, 3.8) is 0 Å². The van der Waals surface area contributed by atoms with Gasteiger partial charge in [0.2, 0.25) is 10.0 Å². The summed E-state index contributed by atoms with van der Waals surface area (Å²) in [6.45, 7) is 3.41. The standard InChI is InChI=1S/C12H15N3O3S/c1-9-4-11(6-13-5-9)19(16,17)15-7-10(8-15)12-2-3-18-14-12/h4-6,10H,2-3,7-8H2,1H3. The topological polar surface area (TPSA) is 71.9 Å². The number of nitrogens with zero attached hydrogens (tertiary/aromatic N) is 3. The molecule has 3 rings (SSSR count). The Balaban J connectivity index is 1.73. The molecule has 0 atom stereocenters. The number of aromatic nitrogens is 1. The summed E-state index contributed by atoms with van der Waals surface area (Å²) in [5.74, 6) is 0.204. The Morgan fingerprint density at radius 1 is 1.37 bits per heavy atom. The van der Waals surface area contributed by atoms with Crippen LogP contribution in [0.3, 0.4) is 0 Å². The van der Waals surface area contributed by atoms with Gasteiger partial charge in [-0.3, -0.25) is 4.98 Å². The Morgan fingerprint density at radius 3 is 2.79 bits per heavy atom. The molecule has 1 saturated heterocycles. The smallest absolute Gasteiger partial charge is 0.244 e. The van der Waals surface area contributed by atoms with Gasteiger partial charge >= 0.3 is 0 Å². The first-order valence-electron chi connectivity index (χ1n) is 6.18. The van der Waals surface area contributed by atoms with Gasteiger partial charge in [-0.2, -0.15) is 4.31 Å². The second-order valence-electron chi connectivity index (χ2n) is 4.88. The van der Waals surface area contributed by atoms with Crippen molar-refractivity contribution in [3.8, 4) is 0 Å². The van der Waals surface area contributed by atoms with E-state index in [2.05, 4.69) is 10.1 Å². The summed E-state index contributed by atoms with van der Waals surface area (Å²) >= 11 is 0. The Morgan fingerprint density at radius 2 is 2.16 bits per heavy atom. The van der Waals surface area contributed by atoms with Crippen molar-refractivity contribution in [3.05, 3.63) is 24.0 Å². The summed E-state index contributed by atoms with van der Waals surface area (Å²) < 4.78 is 26.2. The zero-order chi connectivity index (χ0) is 13.5. The molecular weight excluding hydrogens is 266 g/mol. The van der Waals surface area contributed by atoms with Crippen molar-refractivity contribution in [1.82, 2.24) is 9.29 Å². The van der Waals surface area contributed by atoms with Crippen molar-refractivity contribution < 1.29 is 13.3 Å². The minimum absolute atomic E-state index is 0.204. The molecule has 0 radical (unpaired) electrons. The predicted molar refractivity (Wildman–Crippen MR) is 69.2 cm³/mol. The molecule has 6 nitrogen and oxygen atoms in total. The number of pyridine rings is 1. The minimum Gasteiger partial charge on any atom is -0.395 e. The van der Waals surface area contributed by atoms with Crippen LogP contribution in [0.2, 0.25) is 0 Å². The maximum Gasteiger partial charge on any atom is 0.244 e. The molecule has 0 amide bonds. The summed E-state index contributed by atoms with van der Waals surface area (Å²) in [4.78, 5) is 9.14. The molecule has 1 fully saturated rings. The van der Waals surface area contributed by atoms with E-state index in [9.17, 15) is 8.42 Å². The van der Waals surface area contributed by atoms with Gasteiger partial charge in [0, 0.05) is 37.8 Å². The third-order valence-electron chi connectivity index (χ3n) is 3.44. The van der Waals surface area contributed by atoms with Gasteiger partial charge in [0.25, 0.3) is 0 Å². The Kier molecular flexibility index (Phi) is 3.02. The van der Waals surface area contributed by atoms with Crippen LogP contribution in [-0.2, 0) is 14.9 Å². The van der Waals surface area contributed by atoms with E-state index in [-0.39, 0.29) is 10.8 Å². The van der Waals surface area contributed by atoms with Crippen molar-refractivity contribution in [1.29, 1.82) is 0 Å². The fourth-order valence-electron chi connectivity index (χ4n) is 2.27. The largest absolute Gasteiger partial charge is 0.395 e. The normalized spacial score (nSPS) is 20.8. The fourth-order valence-corrected chi connectivity index (χ4v) is 3.85. The Labute approximate surface area is 112 Å². The van der Waals surface area contributed by atoms with E-state index in [0.29, 0.717) is 19.7 Å². The van der Waals surface area contributed by atoms with Crippen molar-refractivity contribution in [2.45, 2.75) is 18.2 Å². The third-order valence-corrected chi connectivity index (χ3v) is 5.24. The lowest BCUT2D eigenvalue weighted by atomic mass is 9.96. The van der Waals surface area contributed by atoms with Gasteiger partial charge in [0.15, 0.2) is 0 Å². The van der Waals surface area contributed by atoms with Crippen LogP contribution in [0.15, 0.2) is 28.5 Å². The van der Waals surface area contributed by atoms with E-state index in [1.54, 1.807) is 12.3 Å². The molecule has 102 valence electrons. The monoisotopic (exact) mass is 281 g/mol. The van der Waals surface area contributed by atoms with E-state index in [0.717, 1.165) is 17.7 Å². The summed E-state index contributed by atoms with van der Waals surface area (Å²) in [5, 5.41) is 3.94. The molecule has 0 saturated carbocycles. The van der Waals surface area contributed by atoms with Crippen LogP contribution >= 0.6 is 0 Å². The highest BCUT2D eigenvalue weighted by molar-refractivity contribution is 7.89. The number of sulfonamides is 1. The number of oxime groups is 1. The predicted octanol–water partition coefficient (Wildman–Crippen LogP) is 0.787. The average molecular weight is 281 g/mol. The van der Waals surface area contributed by atoms with Crippen LogP contribution in [0, 0.1) is 12.8 Å². The molecule has 1 aromatic rings. The minimum atomic E-state index is -3.41. The van der Waals surface area contributed by atoms with Crippen molar-refractivity contribution in [2.75, 3.05) is 19.7 Å². The van der Waals surface area contributed by atoms with E-state index in [1.807, 2.05) is 6.92 Å². The molecule has 0 unspecified atom stereocenters. The SMILES string of the molecule is Cc1cncc(S(=O)(=O)N2CC(C3=NOCC3)C2)c1. The van der Waals surface area contributed by atoms with Gasteiger partial charge in [-0.25, -0.2) is 8.42 Å². The highest BCUT2D eigenvalue weighted by atomic mass is 32.2. The summed E-state index contributed by atoms with van der Waals surface area (Å²) in [5.41, 5.74) is 1.82. The molecule has 1 aromatic heterocycles. The van der Waals surface area contributed by atoms with Crippen LogP contribution in [-0.4, -0.2) is 43.1 Å². The van der Waals surface area contributed by atoms with Gasteiger partial charge < -0.3 is 4.84 Å². The highest BCUT2D eigenvalue weighted by Gasteiger charge is 2.40. The van der Waals surface area contributed by atoms with Gasteiger partial charge in [-0.05, 0) is 18.6 Å². The molecule has 0 spiro atoms. The van der Waals surface area contributed by atoms with Crippen LogP contribution < -0.4 is 0 Å². The second kappa shape index (κ2) is 4.57. The fraction of sp³-hybridized carbons (Fsp3) is 0.500. The lowest BCUT2D eigenvalue weighted by molar-refractivity contribution is 0.172. The van der Waals surface area contributed by atoms with Crippen LogP contribution in [0.1, 0.15) is 12.0 Å². The van der Waals surface area contributed by atoms with Gasteiger partial charge in [0.05, 0.1) is 5.71 Å². The molecule has 0 N–H and O–H groups in total. The first-order chi connectivity index (χ1) is 9.07. The van der Waals surface area contributed by atoms with E-state index in [4.69, 9.17) is 4.84 Å². The van der Waals surface area contributed by atoms with Crippen molar-refractivity contribution in [2.24, 2.45) is 11.1 Å². The van der Waals surface area contributed by atoms with E-state index >= 15 is 0 Å². The Bertz CT molecular complexity index is 621. The zero-order valence-electron chi connectivity index (χ0n) is 10.6. The summed E-state index contributed by atoms with van der Waals surface area (Å²) in [6, 6.07) is 1.64. The second-order valence-corrected chi connectivity index (χ2v) is 6.82. The molecule has 3 heterocycles. The number of hydrogen-bond acceptors (Lipinski definition) is 5. The zero-order valence-corrected chi connectivity index (χ0v) is 11.4. The first kappa shape index (κ1) is 12.6. The maximum atomic E-state index is 12.3. The lowest BCUT2D eigenvalue weighted by Gasteiger charge is -2.37. The molecule has 2 aliphatic heterocycles. The highest BCUT2D eigenvalue weighted by Crippen LogP contribution is 2.27. The molecule has 19 heavy (non-hydrogen) atoms. The first-order valence-corrected chi connectivity index (χ1v) is 7.62. The van der Waals surface area contributed by atoms with Crippen molar-refractivity contribution >= 4 is 15.7 Å². The molecular formula is C12H15N3O3S. The number of aryl methyl sites for hydroxylation is 1. The van der Waals surface area contributed by atoms with Gasteiger partial charge in [0.1, 0.15) is 11.5 Å². The van der Waals surface area contributed by atoms with E-state index in [1.165, 1.54) is 10.5 Å². The van der Waals surface area contributed by atoms with Crippen LogP contribution in [0.25, 0.3) is 0 Å². The molecule has 0 aliphatic carbocycles.